The maximum atomic E-state index is 12.4. The monoisotopic (exact) mass is 398 g/mol. The molecule has 30 heavy (non-hydrogen) atoms. The zero-order valence-electron chi connectivity index (χ0n) is 16.9. The molecule has 150 valence electrons. The van der Waals surface area contributed by atoms with Crippen molar-refractivity contribution in [3.8, 4) is 28.3 Å². The lowest BCUT2D eigenvalue weighted by molar-refractivity contribution is -0.115. The first-order valence-corrected chi connectivity index (χ1v) is 9.66. The van der Waals surface area contributed by atoms with Crippen LogP contribution in [0.25, 0.3) is 22.6 Å². The van der Waals surface area contributed by atoms with Gasteiger partial charge < -0.3 is 14.5 Å². The summed E-state index contributed by atoms with van der Waals surface area (Å²) in [5.74, 6) is 1.31. The number of carbonyl (C=O) groups is 1. The van der Waals surface area contributed by atoms with E-state index in [-0.39, 0.29) is 5.91 Å². The fourth-order valence-corrected chi connectivity index (χ4v) is 3.30. The number of carbonyl (C=O) groups excluding carboxylic acids is 1. The third-order valence-electron chi connectivity index (χ3n) is 4.92. The van der Waals surface area contributed by atoms with Gasteiger partial charge in [0.15, 0.2) is 0 Å². The van der Waals surface area contributed by atoms with Gasteiger partial charge in [0.1, 0.15) is 12.0 Å². The minimum atomic E-state index is -0.0602. The van der Waals surface area contributed by atoms with E-state index in [1.165, 1.54) is 0 Å². The Bertz CT molecular complexity index is 1130. The number of aromatic nitrogens is 1. The van der Waals surface area contributed by atoms with E-state index in [1.54, 1.807) is 19.6 Å². The number of oxazole rings is 1. The van der Waals surface area contributed by atoms with Crippen LogP contribution in [0.3, 0.4) is 0 Å². The number of hydrogen-bond acceptors (Lipinski definition) is 4. The molecule has 3 aromatic carbocycles. The topological polar surface area (TPSA) is 64.4 Å². The van der Waals surface area contributed by atoms with Crippen LogP contribution in [0.2, 0.25) is 0 Å². The molecule has 0 radical (unpaired) electrons. The number of ether oxygens (including phenoxy) is 1. The highest BCUT2D eigenvalue weighted by atomic mass is 16.5. The van der Waals surface area contributed by atoms with Crippen molar-refractivity contribution < 1.29 is 13.9 Å². The SMILES string of the molecule is COc1ccc(CC(=O)Nc2ccc(-c3cc(-c4ncco4)ccc3C)cc2)cc1. The summed E-state index contributed by atoms with van der Waals surface area (Å²) in [5, 5.41) is 2.95. The van der Waals surface area contributed by atoms with Crippen LogP contribution in [0.1, 0.15) is 11.1 Å². The second-order valence-electron chi connectivity index (χ2n) is 7.02. The molecule has 1 aromatic heterocycles. The van der Waals surface area contributed by atoms with Crippen LogP contribution in [0, 0.1) is 6.92 Å². The molecule has 4 aromatic rings. The number of rotatable bonds is 6. The molecule has 0 unspecified atom stereocenters. The zero-order chi connectivity index (χ0) is 20.9. The van der Waals surface area contributed by atoms with E-state index in [2.05, 4.69) is 29.4 Å². The predicted octanol–water partition coefficient (Wildman–Crippen LogP) is 5.51. The third kappa shape index (κ3) is 4.41. The number of hydrogen-bond donors (Lipinski definition) is 1. The molecule has 0 aliphatic carbocycles. The summed E-state index contributed by atoms with van der Waals surface area (Å²) in [6.45, 7) is 2.07. The van der Waals surface area contributed by atoms with Gasteiger partial charge in [0.05, 0.1) is 19.7 Å². The Balaban J connectivity index is 1.46. The van der Waals surface area contributed by atoms with Crippen LogP contribution in [-0.2, 0) is 11.2 Å². The van der Waals surface area contributed by atoms with E-state index in [4.69, 9.17) is 9.15 Å². The number of amides is 1. The highest BCUT2D eigenvalue weighted by molar-refractivity contribution is 5.92. The van der Waals surface area contributed by atoms with Gasteiger partial charge in [-0.3, -0.25) is 4.79 Å². The minimum absolute atomic E-state index is 0.0602. The number of nitrogens with one attached hydrogen (secondary N) is 1. The summed E-state index contributed by atoms with van der Waals surface area (Å²) in [5.41, 5.74) is 5.94. The average molecular weight is 398 g/mol. The van der Waals surface area contributed by atoms with Crippen molar-refractivity contribution in [1.82, 2.24) is 4.98 Å². The Morgan fingerprint density at radius 2 is 1.73 bits per heavy atom. The molecule has 0 saturated heterocycles. The summed E-state index contributed by atoms with van der Waals surface area (Å²) < 4.78 is 10.6. The molecule has 0 aliphatic rings. The molecule has 0 spiro atoms. The Kier molecular flexibility index (Phi) is 5.61. The first-order valence-electron chi connectivity index (χ1n) is 9.66. The van der Waals surface area contributed by atoms with Gasteiger partial charge in [0.25, 0.3) is 0 Å². The van der Waals surface area contributed by atoms with E-state index in [0.717, 1.165) is 39.3 Å². The van der Waals surface area contributed by atoms with Gasteiger partial charge in [0, 0.05) is 11.3 Å². The van der Waals surface area contributed by atoms with Crippen molar-refractivity contribution in [2.24, 2.45) is 0 Å². The van der Waals surface area contributed by atoms with Crippen LogP contribution in [0.15, 0.2) is 83.6 Å². The molecule has 4 rings (SSSR count). The lowest BCUT2D eigenvalue weighted by Crippen LogP contribution is -2.14. The van der Waals surface area contributed by atoms with Gasteiger partial charge in [0.2, 0.25) is 11.8 Å². The molecule has 5 heteroatoms. The lowest BCUT2D eigenvalue weighted by Gasteiger charge is -2.10. The first kappa shape index (κ1) is 19.5. The van der Waals surface area contributed by atoms with E-state index in [0.29, 0.717) is 12.3 Å². The van der Waals surface area contributed by atoms with Crippen LogP contribution < -0.4 is 10.1 Å². The molecule has 0 fully saturated rings. The van der Waals surface area contributed by atoms with Gasteiger partial charge >= 0.3 is 0 Å². The summed E-state index contributed by atoms with van der Waals surface area (Å²) >= 11 is 0. The number of benzene rings is 3. The van der Waals surface area contributed by atoms with Crippen molar-refractivity contribution in [2.75, 3.05) is 12.4 Å². The third-order valence-corrected chi connectivity index (χ3v) is 4.92. The Hall–Kier alpha value is -3.86. The maximum Gasteiger partial charge on any atom is 0.228 e. The molecule has 0 bridgehead atoms. The number of nitrogens with zero attached hydrogens (tertiary/aromatic N) is 1. The Labute approximate surface area is 175 Å². The molecule has 0 atom stereocenters. The molecule has 1 heterocycles. The van der Waals surface area contributed by atoms with Gasteiger partial charge in [-0.15, -0.1) is 0 Å². The number of aryl methyl sites for hydroxylation is 1. The second kappa shape index (κ2) is 8.66. The highest BCUT2D eigenvalue weighted by Crippen LogP contribution is 2.29. The van der Waals surface area contributed by atoms with Crippen LogP contribution in [0.5, 0.6) is 5.75 Å². The van der Waals surface area contributed by atoms with Crippen LogP contribution >= 0.6 is 0 Å². The maximum absolute atomic E-state index is 12.4. The van der Waals surface area contributed by atoms with E-state index in [1.807, 2.05) is 54.6 Å². The molecule has 1 N–H and O–H groups in total. The predicted molar refractivity (Wildman–Crippen MR) is 117 cm³/mol. The van der Waals surface area contributed by atoms with Gasteiger partial charge in [-0.05, 0) is 65.6 Å². The average Bonchev–Trinajstić information content (AvgIpc) is 3.30. The summed E-state index contributed by atoms with van der Waals surface area (Å²) in [6, 6.07) is 21.5. The van der Waals surface area contributed by atoms with Gasteiger partial charge in [-0.2, -0.15) is 0 Å². The minimum Gasteiger partial charge on any atom is -0.497 e. The molecule has 1 amide bonds. The zero-order valence-corrected chi connectivity index (χ0v) is 16.9. The molecule has 0 saturated carbocycles. The number of methoxy groups -OCH3 is 1. The van der Waals surface area contributed by atoms with E-state index >= 15 is 0 Å². The molecular weight excluding hydrogens is 376 g/mol. The largest absolute Gasteiger partial charge is 0.497 e. The lowest BCUT2D eigenvalue weighted by atomic mass is 9.98. The Morgan fingerprint density at radius 3 is 2.40 bits per heavy atom. The Morgan fingerprint density at radius 1 is 1.00 bits per heavy atom. The molecule has 5 nitrogen and oxygen atoms in total. The molecule has 0 aliphatic heterocycles. The summed E-state index contributed by atoms with van der Waals surface area (Å²) in [4.78, 5) is 16.6. The normalized spacial score (nSPS) is 10.6. The van der Waals surface area contributed by atoms with Crippen molar-refractivity contribution >= 4 is 11.6 Å². The van der Waals surface area contributed by atoms with Crippen LogP contribution in [-0.4, -0.2) is 18.0 Å². The second-order valence-corrected chi connectivity index (χ2v) is 7.02. The van der Waals surface area contributed by atoms with Crippen molar-refractivity contribution in [3.63, 3.8) is 0 Å². The smallest absolute Gasteiger partial charge is 0.228 e. The highest BCUT2D eigenvalue weighted by Gasteiger charge is 2.09. The quantitative estimate of drug-likeness (QED) is 0.465. The summed E-state index contributed by atoms with van der Waals surface area (Å²) in [6.07, 6.45) is 3.51. The van der Waals surface area contributed by atoms with E-state index in [9.17, 15) is 4.79 Å². The molecular formula is C25H22N2O3. The van der Waals surface area contributed by atoms with E-state index < -0.39 is 0 Å². The van der Waals surface area contributed by atoms with Crippen LogP contribution in [0.4, 0.5) is 5.69 Å². The van der Waals surface area contributed by atoms with Crippen molar-refractivity contribution in [2.45, 2.75) is 13.3 Å². The van der Waals surface area contributed by atoms with Crippen molar-refractivity contribution in [3.05, 3.63) is 90.3 Å². The fraction of sp³-hybridized carbons (Fsp3) is 0.120. The standard InChI is InChI=1S/C25H22N2O3/c1-17-3-6-20(25-26-13-14-30-25)16-23(17)19-7-9-21(10-8-19)27-24(28)15-18-4-11-22(29-2)12-5-18/h3-14,16H,15H2,1-2H3,(H,27,28). The summed E-state index contributed by atoms with van der Waals surface area (Å²) in [7, 11) is 1.62. The number of anilines is 1. The van der Waals surface area contributed by atoms with Gasteiger partial charge in [-0.1, -0.05) is 30.3 Å². The first-order chi connectivity index (χ1) is 14.6. The van der Waals surface area contributed by atoms with Gasteiger partial charge in [-0.25, -0.2) is 4.98 Å². The fourth-order valence-electron chi connectivity index (χ4n) is 3.30. The van der Waals surface area contributed by atoms with Crippen molar-refractivity contribution in [1.29, 1.82) is 0 Å².